The van der Waals surface area contributed by atoms with Crippen molar-refractivity contribution < 1.29 is 0 Å². The lowest BCUT2D eigenvalue weighted by Crippen LogP contribution is -1.79. The molecule has 0 spiro atoms. The van der Waals surface area contributed by atoms with Gasteiger partial charge in [-0.05, 0) is 23.3 Å². The molecule has 0 amide bonds. The van der Waals surface area contributed by atoms with Crippen LogP contribution >= 0.6 is 34.7 Å². The van der Waals surface area contributed by atoms with Crippen molar-refractivity contribution in [3.8, 4) is 0 Å². The van der Waals surface area contributed by atoms with Crippen molar-refractivity contribution in [1.82, 2.24) is 10.2 Å². The number of aliphatic imine (C=N–C) groups is 1. The summed E-state index contributed by atoms with van der Waals surface area (Å²) in [7, 11) is 0. The average Bonchev–Trinajstić information content (AvgIpc) is 3.01. The first kappa shape index (κ1) is 15.2. The molecule has 22 heavy (non-hydrogen) atoms. The summed E-state index contributed by atoms with van der Waals surface area (Å²) in [6.07, 6.45) is 1.77. The molecular weight excluding hydrogens is 334 g/mol. The second-order valence-electron chi connectivity index (χ2n) is 4.43. The predicted octanol–water partition coefficient (Wildman–Crippen LogP) is 5.23. The quantitative estimate of drug-likeness (QED) is 0.469. The lowest BCUT2D eigenvalue weighted by Gasteiger charge is -1.96. The van der Waals surface area contributed by atoms with Gasteiger partial charge in [0.15, 0.2) is 4.34 Å². The van der Waals surface area contributed by atoms with Crippen LogP contribution in [0.25, 0.3) is 0 Å². The van der Waals surface area contributed by atoms with E-state index >= 15 is 0 Å². The van der Waals surface area contributed by atoms with Gasteiger partial charge in [0.05, 0.1) is 0 Å². The Morgan fingerprint density at radius 2 is 1.82 bits per heavy atom. The molecule has 1 heterocycles. The normalized spacial score (nSPS) is 11.1. The summed E-state index contributed by atoms with van der Waals surface area (Å²) < 4.78 is 0.923. The van der Waals surface area contributed by atoms with Crippen LogP contribution in [0.1, 0.15) is 11.1 Å². The molecular formula is C16H12ClN3S2. The van der Waals surface area contributed by atoms with Gasteiger partial charge in [-0.25, -0.2) is 4.99 Å². The molecule has 110 valence electrons. The second kappa shape index (κ2) is 7.54. The van der Waals surface area contributed by atoms with E-state index in [1.165, 1.54) is 16.9 Å². The lowest BCUT2D eigenvalue weighted by atomic mass is 10.2. The molecule has 0 N–H and O–H groups in total. The Bertz CT molecular complexity index is 755. The van der Waals surface area contributed by atoms with Crippen LogP contribution in [0.4, 0.5) is 5.13 Å². The highest BCUT2D eigenvalue weighted by atomic mass is 35.5. The van der Waals surface area contributed by atoms with E-state index in [9.17, 15) is 0 Å². The minimum atomic E-state index is 0.658. The van der Waals surface area contributed by atoms with E-state index in [0.29, 0.717) is 10.2 Å². The zero-order valence-corrected chi connectivity index (χ0v) is 13.9. The fourth-order valence-corrected chi connectivity index (χ4v) is 3.48. The molecule has 0 fully saturated rings. The molecule has 0 saturated heterocycles. The van der Waals surface area contributed by atoms with Crippen molar-refractivity contribution in [2.75, 3.05) is 0 Å². The number of nitrogens with zero attached hydrogens (tertiary/aromatic N) is 3. The number of halogens is 1. The van der Waals surface area contributed by atoms with Crippen LogP contribution in [0.3, 0.4) is 0 Å². The van der Waals surface area contributed by atoms with Gasteiger partial charge in [0, 0.05) is 17.0 Å². The molecule has 0 aliphatic rings. The molecule has 0 atom stereocenters. The van der Waals surface area contributed by atoms with E-state index in [1.54, 1.807) is 18.0 Å². The molecule has 2 aromatic carbocycles. The summed E-state index contributed by atoms with van der Waals surface area (Å²) >= 11 is 9.01. The summed E-state index contributed by atoms with van der Waals surface area (Å²) in [6, 6.07) is 17.8. The number of rotatable bonds is 5. The highest BCUT2D eigenvalue weighted by Gasteiger charge is 2.03. The first-order valence-corrected chi connectivity index (χ1v) is 8.77. The first-order valence-electron chi connectivity index (χ1n) is 6.59. The van der Waals surface area contributed by atoms with Crippen molar-refractivity contribution in [3.05, 3.63) is 70.7 Å². The summed E-state index contributed by atoms with van der Waals surface area (Å²) in [5, 5.41) is 9.61. The number of aromatic nitrogens is 2. The Labute approximate surface area is 142 Å². The SMILES string of the molecule is Clc1ccc(/C=N/c2nnc(SCc3ccccc3)s2)cc1. The number of benzene rings is 2. The lowest BCUT2D eigenvalue weighted by molar-refractivity contribution is 1.01. The summed E-state index contributed by atoms with van der Waals surface area (Å²) in [5.41, 5.74) is 2.26. The van der Waals surface area contributed by atoms with Crippen molar-refractivity contribution in [1.29, 1.82) is 0 Å². The molecule has 1 aromatic heterocycles. The Hall–Kier alpha value is -1.69. The number of thioether (sulfide) groups is 1. The standard InChI is InChI=1S/C16H12ClN3S2/c17-14-8-6-12(7-9-14)10-18-15-19-20-16(22-15)21-11-13-4-2-1-3-5-13/h1-10H,11H2/b18-10+. The Balaban J connectivity index is 1.60. The van der Waals surface area contributed by atoms with Gasteiger partial charge in [0.1, 0.15) is 0 Å². The smallest absolute Gasteiger partial charge is 0.226 e. The fourth-order valence-electron chi connectivity index (χ4n) is 1.71. The molecule has 0 saturated carbocycles. The van der Waals surface area contributed by atoms with Crippen LogP contribution in [0, 0.1) is 0 Å². The highest BCUT2D eigenvalue weighted by Crippen LogP contribution is 2.29. The van der Waals surface area contributed by atoms with E-state index < -0.39 is 0 Å². The van der Waals surface area contributed by atoms with Gasteiger partial charge >= 0.3 is 0 Å². The Morgan fingerprint density at radius 3 is 2.59 bits per heavy atom. The van der Waals surface area contributed by atoms with Gasteiger partial charge in [-0.15, -0.1) is 10.2 Å². The second-order valence-corrected chi connectivity index (χ2v) is 7.05. The Kier molecular flexibility index (Phi) is 5.21. The van der Waals surface area contributed by atoms with Gasteiger partial charge in [-0.1, -0.05) is 77.2 Å². The zero-order valence-electron chi connectivity index (χ0n) is 11.5. The maximum absolute atomic E-state index is 5.85. The van der Waals surface area contributed by atoms with Gasteiger partial charge in [0.2, 0.25) is 5.13 Å². The van der Waals surface area contributed by atoms with Gasteiger partial charge < -0.3 is 0 Å². The maximum Gasteiger partial charge on any atom is 0.232 e. The molecule has 3 aromatic rings. The monoisotopic (exact) mass is 345 g/mol. The van der Waals surface area contributed by atoms with Crippen molar-refractivity contribution in [3.63, 3.8) is 0 Å². The third kappa shape index (κ3) is 4.40. The van der Waals surface area contributed by atoms with E-state index in [4.69, 9.17) is 11.6 Å². The topological polar surface area (TPSA) is 38.1 Å². The van der Waals surface area contributed by atoms with Gasteiger partial charge in [0.25, 0.3) is 0 Å². The van der Waals surface area contributed by atoms with Gasteiger partial charge in [-0.2, -0.15) is 0 Å². The highest BCUT2D eigenvalue weighted by molar-refractivity contribution is 8.00. The first-order chi connectivity index (χ1) is 10.8. The number of hydrogen-bond donors (Lipinski definition) is 0. The summed E-state index contributed by atoms with van der Waals surface area (Å²) in [4.78, 5) is 4.35. The van der Waals surface area contributed by atoms with E-state index in [-0.39, 0.29) is 0 Å². The van der Waals surface area contributed by atoms with E-state index in [2.05, 4.69) is 27.3 Å². The third-order valence-corrected chi connectivity index (χ3v) is 5.08. The van der Waals surface area contributed by atoms with Crippen LogP contribution < -0.4 is 0 Å². The minimum Gasteiger partial charge on any atom is -0.226 e. The van der Waals surface area contributed by atoms with Crippen molar-refractivity contribution >= 4 is 46.0 Å². The predicted molar refractivity (Wildman–Crippen MR) is 94.6 cm³/mol. The van der Waals surface area contributed by atoms with Crippen LogP contribution in [-0.4, -0.2) is 16.4 Å². The van der Waals surface area contributed by atoms with Crippen molar-refractivity contribution in [2.24, 2.45) is 4.99 Å². The number of hydrogen-bond acceptors (Lipinski definition) is 5. The van der Waals surface area contributed by atoms with Crippen LogP contribution in [0.15, 0.2) is 63.9 Å². The van der Waals surface area contributed by atoms with Crippen LogP contribution in [-0.2, 0) is 5.75 Å². The van der Waals surface area contributed by atoms with E-state index in [1.807, 2.05) is 42.5 Å². The molecule has 0 unspecified atom stereocenters. The molecule has 3 nitrogen and oxygen atoms in total. The Morgan fingerprint density at radius 1 is 1.05 bits per heavy atom. The molecule has 0 aliphatic heterocycles. The molecule has 0 aliphatic carbocycles. The zero-order chi connectivity index (χ0) is 15.2. The van der Waals surface area contributed by atoms with Crippen LogP contribution in [0.2, 0.25) is 5.02 Å². The van der Waals surface area contributed by atoms with E-state index in [0.717, 1.165) is 15.7 Å². The summed E-state index contributed by atoms with van der Waals surface area (Å²) in [6.45, 7) is 0. The largest absolute Gasteiger partial charge is 0.232 e. The van der Waals surface area contributed by atoms with Gasteiger partial charge in [-0.3, -0.25) is 0 Å². The molecule has 0 radical (unpaired) electrons. The minimum absolute atomic E-state index is 0.658. The maximum atomic E-state index is 5.85. The van der Waals surface area contributed by atoms with Crippen LogP contribution in [0.5, 0.6) is 0 Å². The summed E-state index contributed by atoms with van der Waals surface area (Å²) in [5.74, 6) is 0.885. The molecule has 3 rings (SSSR count). The van der Waals surface area contributed by atoms with Crippen molar-refractivity contribution in [2.45, 2.75) is 10.1 Å². The third-order valence-electron chi connectivity index (χ3n) is 2.79. The average molecular weight is 346 g/mol. The fraction of sp³-hybridized carbons (Fsp3) is 0.0625. The molecule has 0 bridgehead atoms. The molecule has 6 heteroatoms.